The number of fused-ring (bicyclic) bond motifs is 2. The van der Waals surface area contributed by atoms with Gasteiger partial charge in [0.2, 0.25) is 0 Å². The van der Waals surface area contributed by atoms with Gasteiger partial charge in [-0.05, 0) is 91.2 Å². The summed E-state index contributed by atoms with van der Waals surface area (Å²) in [5.41, 5.74) is 5.87. The Labute approximate surface area is 261 Å². The second-order valence-corrected chi connectivity index (χ2v) is 12.2. The number of benzene rings is 3. The van der Waals surface area contributed by atoms with Crippen LogP contribution < -0.4 is 9.47 Å². The van der Waals surface area contributed by atoms with Crippen LogP contribution >= 0.6 is 0 Å². The van der Waals surface area contributed by atoms with Gasteiger partial charge >= 0.3 is 0 Å². The average molecular weight is 597 g/mol. The van der Waals surface area contributed by atoms with E-state index in [1.54, 1.807) is 0 Å². The molecule has 0 aliphatic heterocycles. The first kappa shape index (κ1) is 31.5. The zero-order chi connectivity index (χ0) is 30.7. The second kappa shape index (κ2) is 15.7. The van der Waals surface area contributed by atoms with Crippen molar-refractivity contribution in [1.82, 2.24) is 29.7 Å². The Kier molecular flexibility index (Phi) is 11.3. The van der Waals surface area contributed by atoms with Gasteiger partial charge in [0.05, 0.1) is 35.3 Å². The lowest BCUT2D eigenvalue weighted by molar-refractivity contribution is 0.302. The third kappa shape index (κ3) is 9.07. The highest BCUT2D eigenvalue weighted by atomic mass is 16.5. The first-order valence-corrected chi connectivity index (χ1v) is 16.1. The zero-order valence-electron chi connectivity index (χ0n) is 26.9. The van der Waals surface area contributed by atoms with E-state index in [1.165, 1.54) is 38.5 Å². The molecule has 0 amide bonds. The lowest BCUT2D eigenvalue weighted by atomic mass is 10.1. The number of aromatic nitrogens is 4. The largest absolute Gasteiger partial charge is 0.494 e. The maximum absolute atomic E-state index is 6.02. The number of ether oxygens (including phenoxy) is 2. The molecule has 0 aliphatic rings. The summed E-state index contributed by atoms with van der Waals surface area (Å²) >= 11 is 0. The second-order valence-electron chi connectivity index (χ2n) is 12.2. The van der Waals surface area contributed by atoms with Crippen molar-refractivity contribution in [3.8, 4) is 34.3 Å². The molecule has 0 unspecified atom stereocenters. The number of rotatable bonds is 18. The first-order chi connectivity index (χ1) is 21.4. The van der Waals surface area contributed by atoms with E-state index >= 15 is 0 Å². The van der Waals surface area contributed by atoms with Gasteiger partial charge in [-0.15, -0.1) is 0 Å². The van der Waals surface area contributed by atoms with Crippen molar-refractivity contribution < 1.29 is 9.47 Å². The molecule has 0 atom stereocenters. The van der Waals surface area contributed by atoms with Crippen molar-refractivity contribution in [2.45, 2.75) is 51.4 Å². The molecule has 44 heavy (non-hydrogen) atoms. The molecule has 0 spiro atoms. The van der Waals surface area contributed by atoms with E-state index in [4.69, 9.17) is 19.4 Å². The van der Waals surface area contributed by atoms with Gasteiger partial charge in [-0.1, -0.05) is 49.9 Å². The number of hydrogen-bond acceptors (Lipinski definition) is 6. The van der Waals surface area contributed by atoms with Crippen LogP contribution in [-0.2, 0) is 0 Å². The summed E-state index contributed by atoms with van der Waals surface area (Å²) in [7, 11) is 8.50. The van der Waals surface area contributed by atoms with Gasteiger partial charge in [0.25, 0.3) is 0 Å². The van der Waals surface area contributed by atoms with Gasteiger partial charge in [-0.2, -0.15) is 0 Å². The summed E-state index contributed by atoms with van der Waals surface area (Å²) in [6, 6.07) is 20.5. The van der Waals surface area contributed by atoms with E-state index in [0.29, 0.717) is 0 Å². The van der Waals surface area contributed by atoms with Crippen molar-refractivity contribution in [1.29, 1.82) is 0 Å². The fourth-order valence-corrected chi connectivity index (χ4v) is 5.36. The maximum atomic E-state index is 6.02. The number of nitrogens with one attached hydrogen (secondary N) is 2. The highest BCUT2D eigenvalue weighted by Gasteiger charge is 2.10. The molecule has 5 aromatic rings. The fraction of sp³-hybridized carbons (Fsp3) is 0.444. The number of imidazole rings is 2. The van der Waals surface area contributed by atoms with Crippen molar-refractivity contribution in [2.24, 2.45) is 0 Å². The SMILES string of the molecule is CN(C)CCCCCCOc1ccc2[nH]c(-c3ccc(-c4nc5ccc(OCCCCCCN(C)C)cc5[nH]4)cc3)nc2c1. The quantitative estimate of drug-likeness (QED) is 0.101. The maximum Gasteiger partial charge on any atom is 0.138 e. The highest BCUT2D eigenvalue weighted by Crippen LogP contribution is 2.28. The normalized spacial score (nSPS) is 11.8. The van der Waals surface area contributed by atoms with E-state index in [0.717, 1.165) is 95.5 Å². The number of hydrogen-bond donors (Lipinski definition) is 2. The van der Waals surface area contributed by atoms with Crippen LogP contribution in [0.4, 0.5) is 0 Å². The van der Waals surface area contributed by atoms with Crippen molar-refractivity contribution in [2.75, 3.05) is 54.5 Å². The van der Waals surface area contributed by atoms with Crippen LogP contribution in [0.3, 0.4) is 0 Å². The monoisotopic (exact) mass is 596 g/mol. The molecule has 0 bridgehead atoms. The molecule has 0 saturated heterocycles. The van der Waals surface area contributed by atoms with Gasteiger partial charge < -0.3 is 29.2 Å². The van der Waals surface area contributed by atoms with Gasteiger partial charge in [0.15, 0.2) is 0 Å². The molecule has 3 aromatic carbocycles. The zero-order valence-corrected chi connectivity index (χ0v) is 26.9. The Morgan fingerprint density at radius 3 is 1.61 bits per heavy atom. The average Bonchev–Trinajstić information content (AvgIpc) is 3.64. The van der Waals surface area contributed by atoms with E-state index in [9.17, 15) is 0 Å². The molecule has 2 N–H and O–H groups in total. The molecule has 0 saturated carbocycles. The summed E-state index contributed by atoms with van der Waals surface area (Å²) in [6.45, 7) is 3.77. The molecule has 0 aliphatic carbocycles. The topological polar surface area (TPSA) is 82.3 Å². The van der Waals surface area contributed by atoms with Crippen LogP contribution in [0.5, 0.6) is 11.5 Å². The molecular formula is C36H48N6O2. The number of unbranched alkanes of at least 4 members (excludes halogenated alkanes) is 6. The third-order valence-electron chi connectivity index (χ3n) is 7.88. The van der Waals surface area contributed by atoms with E-state index < -0.39 is 0 Å². The van der Waals surface area contributed by atoms with Gasteiger partial charge in [-0.3, -0.25) is 0 Å². The molecule has 234 valence electrons. The van der Waals surface area contributed by atoms with Gasteiger partial charge in [-0.25, -0.2) is 9.97 Å². The summed E-state index contributed by atoms with van der Waals surface area (Å²) in [5, 5.41) is 0. The predicted octanol–water partition coefficient (Wildman–Crippen LogP) is 7.77. The summed E-state index contributed by atoms with van der Waals surface area (Å²) in [5.74, 6) is 3.43. The minimum Gasteiger partial charge on any atom is -0.494 e. The summed E-state index contributed by atoms with van der Waals surface area (Å²) in [6.07, 6.45) is 9.50. The molecule has 8 nitrogen and oxygen atoms in total. The molecule has 5 rings (SSSR count). The number of nitrogens with zero attached hydrogens (tertiary/aromatic N) is 4. The van der Waals surface area contributed by atoms with Gasteiger partial charge in [0.1, 0.15) is 23.1 Å². The third-order valence-corrected chi connectivity index (χ3v) is 7.88. The lowest BCUT2D eigenvalue weighted by Gasteiger charge is -2.09. The Morgan fingerprint density at radius 2 is 1.02 bits per heavy atom. The van der Waals surface area contributed by atoms with Crippen LogP contribution in [0.15, 0.2) is 60.7 Å². The van der Waals surface area contributed by atoms with Crippen LogP contribution in [0.2, 0.25) is 0 Å². The number of aromatic amines is 2. The van der Waals surface area contributed by atoms with Crippen LogP contribution in [0.25, 0.3) is 44.8 Å². The van der Waals surface area contributed by atoms with Crippen LogP contribution in [-0.4, -0.2) is 84.2 Å². The fourth-order valence-electron chi connectivity index (χ4n) is 5.36. The van der Waals surface area contributed by atoms with Crippen LogP contribution in [0, 0.1) is 0 Å². The Balaban J connectivity index is 1.13. The Hall–Kier alpha value is -3.88. The summed E-state index contributed by atoms with van der Waals surface area (Å²) < 4.78 is 12.0. The molecule has 0 radical (unpaired) electrons. The lowest BCUT2D eigenvalue weighted by Crippen LogP contribution is -2.12. The predicted molar refractivity (Wildman–Crippen MR) is 182 cm³/mol. The Bertz CT molecular complexity index is 1470. The van der Waals surface area contributed by atoms with Gasteiger partial charge in [0, 0.05) is 23.3 Å². The molecular weight excluding hydrogens is 548 g/mol. The minimum atomic E-state index is 0.736. The highest BCUT2D eigenvalue weighted by molar-refractivity contribution is 5.82. The number of H-pyrrole nitrogens is 2. The molecule has 2 aromatic heterocycles. The van der Waals surface area contributed by atoms with Crippen molar-refractivity contribution in [3.63, 3.8) is 0 Å². The van der Waals surface area contributed by atoms with E-state index in [2.05, 4.69) is 72.2 Å². The first-order valence-electron chi connectivity index (χ1n) is 16.1. The van der Waals surface area contributed by atoms with E-state index in [1.807, 2.05) is 36.4 Å². The Morgan fingerprint density at radius 1 is 0.523 bits per heavy atom. The summed E-state index contributed by atoms with van der Waals surface area (Å²) in [4.78, 5) is 21.1. The van der Waals surface area contributed by atoms with E-state index in [-0.39, 0.29) is 0 Å². The van der Waals surface area contributed by atoms with Crippen LogP contribution in [0.1, 0.15) is 51.4 Å². The molecule has 0 fully saturated rings. The minimum absolute atomic E-state index is 0.736. The smallest absolute Gasteiger partial charge is 0.138 e. The van der Waals surface area contributed by atoms with Crippen molar-refractivity contribution in [3.05, 3.63) is 60.7 Å². The molecule has 8 heteroatoms. The van der Waals surface area contributed by atoms with Crippen molar-refractivity contribution >= 4 is 22.1 Å². The standard InChI is InChI=1S/C36H48N6O2/c1-41(2)21-9-5-7-11-23-43-29-17-19-31-33(25-29)39-35(37-31)27-13-15-28(16-14-27)36-38-32-20-18-30(26-34(32)40-36)44-24-12-8-6-10-22-42(3)4/h13-20,25-26H,5-12,21-24H2,1-4H3,(H,37,39)(H,38,40). The molecule has 2 heterocycles.